The van der Waals surface area contributed by atoms with Crippen molar-refractivity contribution in [2.24, 2.45) is 0 Å². The van der Waals surface area contributed by atoms with Crippen LogP contribution in [0.25, 0.3) is 0 Å². The van der Waals surface area contributed by atoms with Gasteiger partial charge in [0.15, 0.2) is 0 Å². The van der Waals surface area contributed by atoms with E-state index in [0.29, 0.717) is 5.75 Å². The normalized spacial score (nSPS) is 10.5. The Kier molecular flexibility index (Phi) is 5.86. The van der Waals surface area contributed by atoms with Gasteiger partial charge < -0.3 is 9.84 Å². The van der Waals surface area contributed by atoms with Crippen molar-refractivity contribution in [2.75, 3.05) is 13.2 Å². The molecule has 0 unspecified atom stereocenters. The molecule has 15 heavy (non-hydrogen) atoms. The van der Waals surface area contributed by atoms with E-state index in [4.69, 9.17) is 9.84 Å². The largest absolute Gasteiger partial charge is 0.508 e. The molecule has 1 N–H and O–H groups in total. The first kappa shape index (κ1) is 12.1. The van der Waals surface area contributed by atoms with E-state index in [1.54, 1.807) is 12.1 Å². The second-order valence-electron chi connectivity index (χ2n) is 3.74. The molecule has 0 aromatic heterocycles. The lowest BCUT2D eigenvalue weighted by Crippen LogP contribution is -2.00. The number of rotatable bonds is 7. The first-order valence-corrected chi connectivity index (χ1v) is 5.68. The highest BCUT2D eigenvalue weighted by Gasteiger charge is 1.94. The Hall–Kier alpha value is -1.02. The number of phenolic OH excluding ortho intramolecular Hbond substituents is 1. The fourth-order valence-corrected chi connectivity index (χ4v) is 1.41. The van der Waals surface area contributed by atoms with E-state index in [9.17, 15) is 0 Å². The van der Waals surface area contributed by atoms with Gasteiger partial charge in [-0.3, -0.25) is 0 Å². The average Bonchev–Trinajstić information content (AvgIpc) is 2.26. The molecule has 0 amide bonds. The van der Waals surface area contributed by atoms with Crippen LogP contribution in [0, 0.1) is 0 Å². The van der Waals surface area contributed by atoms with Gasteiger partial charge in [-0.1, -0.05) is 31.9 Å². The molecule has 0 spiro atoms. The maximum absolute atomic E-state index is 9.09. The van der Waals surface area contributed by atoms with Gasteiger partial charge in [0.05, 0.1) is 6.61 Å². The van der Waals surface area contributed by atoms with Gasteiger partial charge in [-0.25, -0.2) is 0 Å². The lowest BCUT2D eigenvalue weighted by molar-refractivity contribution is 0.133. The fraction of sp³-hybridized carbons (Fsp3) is 0.538. The van der Waals surface area contributed by atoms with Gasteiger partial charge in [-0.2, -0.15) is 0 Å². The summed E-state index contributed by atoms with van der Waals surface area (Å²) in [6, 6.07) is 7.30. The van der Waals surface area contributed by atoms with Crippen LogP contribution in [0.1, 0.15) is 31.7 Å². The quantitative estimate of drug-likeness (QED) is 0.697. The molecule has 0 bridgehead atoms. The lowest BCUT2D eigenvalue weighted by Gasteiger charge is -2.04. The highest BCUT2D eigenvalue weighted by molar-refractivity contribution is 5.25. The van der Waals surface area contributed by atoms with Crippen LogP contribution in [0.2, 0.25) is 0 Å². The minimum Gasteiger partial charge on any atom is -0.508 e. The minimum atomic E-state index is 0.322. The number of aromatic hydroxyl groups is 1. The summed E-state index contributed by atoms with van der Waals surface area (Å²) in [6.07, 6.45) is 4.57. The standard InChI is InChI=1S/C13H20O2/c1-2-3-4-10-15-11-9-12-5-7-13(14)8-6-12/h5-8,14H,2-4,9-11H2,1H3. The SMILES string of the molecule is CCCCCOCCc1ccc(O)cc1. The molecule has 0 saturated heterocycles. The van der Waals surface area contributed by atoms with Crippen LogP contribution in [-0.2, 0) is 11.2 Å². The maximum atomic E-state index is 9.09. The minimum absolute atomic E-state index is 0.322. The fourth-order valence-electron chi connectivity index (χ4n) is 1.41. The van der Waals surface area contributed by atoms with Crippen molar-refractivity contribution < 1.29 is 9.84 Å². The van der Waals surface area contributed by atoms with E-state index in [0.717, 1.165) is 26.1 Å². The molecule has 0 heterocycles. The first-order valence-electron chi connectivity index (χ1n) is 5.68. The summed E-state index contributed by atoms with van der Waals surface area (Å²) in [6.45, 7) is 3.83. The number of phenols is 1. The van der Waals surface area contributed by atoms with Crippen LogP contribution < -0.4 is 0 Å². The highest BCUT2D eigenvalue weighted by Crippen LogP contribution is 2.10. The summed E-state index contributed by atoms with van der Waals surface area (Å²) in [5.74, 6) is 0.322. The van der Waals surface area contributed by atoms with Crippen molar-refractivity contribution in [1.29, 1.82) is 0 Å². The number of benzene rings is 1. The molecule has 0 fully saturated rings. The van der Waals surface area contributed by atoms with E-state index >= 15 is 0 Å². The molecule has 0 radical (unpaired) electrons. The number of hydrogen-bond acceptors (Lipinski definition) is 2. The van der Waals surface area contributed by atoms with Crippen molar-refractivity contribution in [1.82, 2.24) is 0 Å². The van der Waals surface area contributed by atoms with Crippen LogP contribution in [-0.4, -0.2) is 18.3 Å². The van der Waals surface area contributed by atoms with Crippen LogP contribution in [0.5, 0.6) is 5.75 Å². The smallest absolute Gasteiger partial charge is 0.115 e. The molecule has 2 heteroatoms. The van der Waals surface area contributed by atoms with Crippen LogP contribution in [0.3, 0.4) is 0 Å². The van der Waals surface area contributed by atoms with Crippen molar-refractivity contribution in [3.63, 3.8) is 0 Å². The third-order valence-electron chi connectivity index (χ3n) is 2.36. The van der Waals surface area contributed by atoms with Gasteiger partial charge in [0.1, 0.15) is 5.75 Å². The first-order chi connectivity index (χ1) is 7.33. The Balaban J connectivity index is 2.07. The van der Waals surface area contributed by atoms with Gasteiger partial charge in [0, 0.05) is 6.61 Å². The van der Waals surface area contributed by atoms with E-state index in [-0.39, 0.29) is 0 Å². The molecule has 1 aromatic carbocycles. The van der Waals surface area contributed by atoms with Crippen LogP contribution in [0.15, 0.2) is 24.3 Å². The molecule has 84 valence electrons. The zero-order valence-corrected chi connectivity index (χ0v) is 9.41. The molecule has 0 aliphatic heterocycles. The van der Waals surface area contributed by atoms with Crippen molar-refractivity contribution in [3.05, 3.63) is 29.8 Å². The molecule has 1 aromatic rings. The molecule has 2 nitrogen and oxygen atoms in total. The number of hydrogen-bond donors (Lipinski definition) is 1. The zero-order chi connectivity index (χ0) is 10.9. The van der Waals surface area contributed by atoms with Gasteiger partial charge >= 0.3 is 0 Å². The number of ether oxygens (including phenoxy) is 1. The Bertz CT molecular complexity index is 254. The van der Waals surface area contributed by atoms with E-state index in [1.807, 2.05) is 12.1 Å². The monoisotopic (exact) mass is 208 g/mol. The van der Waals surface area contributed by atoms with Gasteiger partial charge in [-0.05, 0) is 30.5 Å². The Morgan fingerprint density at radius 1 is 1.07 bits per heavy atom. The molecular formula is C13H20O2. The second kappa shape index (κ2) is 7.30. The van der Waals surface area contributed by atoms with E-state index in [2.05, 4.69) is 6.92 Å². The molecular weight excluding hydrogens is 188 g/mol. The molecule has 0 saturated carbocycles. The molecule has 0 atom stereocenters. The third-order valence-corrected chi connectivity index (χ3v) is 2.36. The summed E-state index contributed by atoms with van der Waals surface area (Å²) in [5.41, 5.74) is 1.21. The van der Waals surface area contributed by atoms with Crippen molar-refractivity contribution in [3.8, 4) is 5.75 Å². The predicted octanol–water partition coefficient (Wildman–Crippen LogP) is 3.14. The summed E-state index contributed by atoms with van der Waals surface area (Å²) in [5, 5.41) is 9.09. The summed E-state index contributed by atoms with van der Waals surface area (Å²) in [4.78, 5) is 0. The molecule has 0 aliphatic rings. The van der Waals surface area contributed by atoms with E-state index < -0.39 is 0 Å². The topological polar surface area (TPSA) is 29.5 Å². The van der Waals surface area contributed by atoms with Crippen LogP contribution >= 0.6 is 0 Å². The predicted molar refractivity (Wildman–Crippen MR) is 62.2 cm³/mol. The molecule has 1 rings (SSSR count). The maximum Gasteiger partial charge on any atom is 0.115 e. The zero-order valence-electron chi connectivity index (χ0n) is 9.41. The Labute approximate surface area is 91.9 Å². The third kappa shape index (κ3) is 5.43. The molecule has 0 aliphatic carbocycles. The van der Waals surface area contributed by atoms with Gasteiger partial charge in [-0.15, -0.1) is 0 Å². The Morgan fingerprint density at radius 3 is 2.47 bits per heavy atom. The van der Waals surface area contributed by atoms with E-state index in [1.165, 1.54) is 18.4 Å². The number of unbranched alkanes of at least 4 members (excludes halogenated alkanes) is 2. The van der Waals surface area contributed by atoms with Crippen molar-refractivity contribution >= 4 is 0 Å². The van der Waals surface area contributed by atoms with Gasteiger partial charge in [0.2, 0.25) is 0 Å². The second-order valence-corrected chi connectivity index (χ2v) is 3.74. The average molecular weight is 208 g/mol. The lowest BCUT2D eigenvalue weighted by atomic mass is 10.1. The summed E-state index contributed by atoms with van der Waals surface area (Å²) >= 11 is 0. The van der Waals surface area contributed by atoms with Crippen molar-refractivity contribution in [2.45, 2.75) is 32.6 Å². The Morgan fingerprint density at radius 2 is 1.80 bits per heavy atom. The van der Waals surface area contributed by atoms with Gasteiger partial charge in [0.25, 0.3) is 0 Å². The van der Waals surface area contributed by atoms with Crippen LogP contribution in [0.4, 0.5) is 0 Å². The summed E-state index contributed by atoms with van der Waals surface area (Å²) in [7, 11) is 0. The summed E-state index contributed by atoms with van der Waals surface area (Å²) < 4.78 is 5.51. The highest BCUT2D eigenvalue weighted by atomic mass is 16.5.